The van der Waals surface area contributed by atoms with E-state index in [2.05, 4.69) is 20.3 Å². The van der Waals surface area contributed by atoms with Crippen molar-refractivity contribution >= 4 is 28.6 Å². The molecule has 0 saturated carbocycles. The minimum absolute atomic E-state index is 0.101. The fraction of sp³-hybridized carbons (Fsp3) is 0.273. The molecule has 1 saturated heterocycles. The maximum Gasteiger partial charge on any atom is 0.305 e. The number of carbonyl (C=O) groups excluding carboxylic acids is 2. The van der Waals surface area contributed by atoms with Crippen molar-refractivity contribution in [1.29, 1.82) is 5.26 Å². The van der Waals surface area contributed by atoms with Crippen LogP contribution in [0.3, 0.4) is 0 Å². The second-order valence-corrected chi connectivity index (χ2v) is 7.46. The zero-order chi connectivity index (χ0) is 22.7. The molecule has 10 nitrogen and oxygen atoms in total. The van der Waals surface area contributed by atoms with Gasteiger partial charge in [-0.3, -0.25) is 9.59 Å². The van der Waals surface area contributed by atoms with Crippen LogP contribution in [-0.4, -0.2) is 52.1 Å². The molecule has 0 aromatic carbocycles. The molecule has 162 valence electrons. The Labute approximate surface area is 183 Å². The van der Waals surface area contributed by atoms with E-state index in [0.29, 0.717) is 41.8 Å². The number of rotatable bonds is 6. The van der Waals surface area contributed by atoms with Crippen molar-refractivity contribution in [3.63, 3.8) is 0 Å². The molecule has 3 aromatic rings. The number of carbonyl (C=O) groups is 2. The highest BCUT2D eigenvalue weighted by Gasteiger charge is 2.30. The zero-order valence-electron chi connectivity index (χ0n) is 17.3. The zero-order valence-corrected chi connectivity index (χ0v) is 17.3. The number of aromatic nitrogens is 3. The number of methoxy groups -OCH3 is 1. The van der Waals surface area contributed by atoms with E-state index in [4.69, 9.17) is 10.00 Å². The lowest BCUT2D eigenvalue weighted by atomic mass is 9.96. The lowest BCUT2D eigenvalue weighted by Gasteiger charge is -2.39. The first-order chi connectivity index (χ1) is 15.5. The van der Waals surface area contributed by atoms with E-state index >= 15 is 0 Å². The number of pyridine rings is 3. The number of nitrogens with zero attached hydrogens (tertiary/aromatic N) is 5. The molecule has 1 aliphatic heterocycles. The summed E-state index contributed by atoms with van der Waals surface area (Å²) in [5, 5.41) is 22.5. The Morgan fingerprint density at radius 1 is 1.25 bits per heavy atom. The van der Waals surface area contributed by atoms with Crippen molar-refractivity contribution in [1.82, 2.24) is 20.3 Å². The summed E-state index contributed by atoms with van der Waals surface area (Å²) in [4.78, 5) is 38.5. The van der Waals surface area contributed by atoms with Crippen LogP contribution in [0.15, 0.2) is 36.7 Å². The Morgan fingerprint density at radius 3 is 2.75 bits per heavy atom. The molecule has 1 aliphatic rings. The molecule has 0 atom stereocenters. The summed E-state index contributed by atoms with van der Waals surface area (Å²) in [6.45, 7) is 1.56. The second-order valence-electron chi connectivity index (χ2n) is 7.46. The molecule has 0 aliphatic carbocycles. The Bertz CT molecular complexity index is 1220. The van der Waals surface area contributed by atoms with E-state index in [0.717, 1.165) is 0 Å². The highest BCUT2D eigenvalue weighted by molar-refractivity contribution is 6.00. The van der Waals surface area contributed by atoms with Gasteiger partial charge in [-0.05, 0) is 23.8 Å². The average molecular weight is 432 g/mol. The Morgan fingerprint density at radius 2 is 2.06 bits per heavy atom. The first-order valence-corrected chi connectivity index (χ1v) is 9.92. The third kappa shape index (κ3) is 4.27. The van der Waals surface area contributed by atoms with Gasteiger partial charge in [0.25, 0.3) is 5.91 Å². The summed E-state index contributed by atoms with van der Waals surface area (Å²) in [6.07, 6.45) is 3.33. The molecular formula is C22H20N6O4. The molecule has 0 spiro atoms. The first-order valence-electron chi connectivity index (χ1n) is 9.92. The molecule has 1 amide bonds. The number of ether oxygens (including phenoxy) is 1. The quantitative estimate of drug-likeness (QED) is 0.555. The highest BCUT2D eigenvalue weighted by Crippen LogP contribution is 2.31. The van der Waals surface area contributed by atoms with Gasteiger partial charge in [-0.2, -0.15) is 5.26 Å². The van der Waals surface area contributed by atoms with Gasteiger partial charge in [0, 0.05) is 37.1 Å². The predicted molar refractivity (Wildman–Crippen MR) is 114 cm³/mol. The van der Waals surface area contributed by atoms with Gasteiger partial charge in [0.05, 0.1) is 25.2 Å². The summed E-state index contributed by atoms with van der Waals surface area (Å²) in [5.41, 5.74) is 1.36. The lowest BCUT2D eigenvalue weighted by molar-refractivity contribution is -0.141. The maximum atomic E-state index is 12.5. The number of esters is 1. The van der Waals surface area contributed by atoms with Gasteiger partial charge >= 0.3 is 5.97 Å². The minimum Gasteiger partial charge on any atom is -0.505 e. The minimum atomic E-state index is -0.536. The SMILES string of the molecule is COC(=O)CC1CN(c2ccc3c(O)c(C(=O)NCc4ccc(C#N)nc4)ncc3n2)C1. The third-order valence-electron chi connectivity index (χ3n) is 5.28. The van der Waals surface area contributed by atoms with E-state index < -0.39 is 5.91 Å². The summed E-state index contributed by atoms with van der Waals surface area (Å²) in [7, 11) is 1.38. The van der Waals surface area contributed by atoms with Crippen molar-refractivity contribution in [2.45, 2.75) is 13.0 Å². The summed E-state index contributed by atoms with van der Waals surface area (Å²) in [6, 6.07) is 8.65. The number of fused-ring (bicyclic) bond motifs is 1. The number of nitrogens with one attached hydrogen (secondary N) is 1. The molecule has 10 heteroatoms. The third-order valence-corrected chi connectivity index (χ3v) is 5.28. The van der Waals surface area contributed by atoms with E-state index in [1.54, 1.807) is 24.3 Å². The summed E-state index contributed by atoms with van der Waals surface area (Å²) in [5.74, 6) is -0.0684. The Hall–Kier alpha value is -4.26. The van der Waals surface area contributed by atoms with E-state index in [1.807, 2.05) is 11.0 Å². The number of nitriles is 1. The van der Waals surface area contributed by atoms with Crippen molar-refractivity contribution in [2.24, 2.45) is 5.92 Å². The van der Waals surface area contributed by atoms with Crippen LogP contribution in [-0.2, 0) is 16.1 Å². The Kier molecular flexibility index (Phi) is 5.81. The van der Waals surface area contributed by atoms with Crippen LogP contribution in [0.1, 0.15) is 28.2 Å². The number of hydrogen-bond acceptors (Lipinski definition) is 9. The standard InChI is InChI=1S/C22H20N6O4/c1-32-19(29)6-14-11-28(12-14)18-5-4-16-17(27-18)10-25-20(21(16)30)22(31)26-9-13-2-3-15(7-23)24-8-13/h2-5,8,10,14,30H,6,9,11-12H2,1H3,(H,26,31). The van der Waals surface area contributed by atoms with Crippen LogP contribution in [0, 0.1) is 17.2 Å². The highest BCUT2D eigenvalue weighted by atomic mass is 16.5. The molecule has 4 heterocycles. The molecule has 0 bridgehead atoms. The molecule has 1 fully saturated rings. The number of aromatic hydroxyl groups is 1. The normalized spacial score (nSPS) is 13.3. The fourth-order valence-corrected chi connectivity index (χ4v) is 3.49. The van der Waals surface area contributed by atoms with Gasteiger partial charge in [0.2, 0.25) is 0 Å². The Balaban J connectivity index is 1.43. The smallest absolute Gasteiger partial charge is 0.305 e. The number of amides is 1. The largest absolute Gasteiger partial charge is 0.505 e. The van der Waals surface area contributed by atoms with E-state index in [9.17, 15) is 14.7 Å². The molecular weight excluding hydrogens is 412 g/mol. The van der Waals surface area contributed by atoms with Crippen LogP contribution < -0.4 is 10.2 Å². The van der Waals surface area contributed by atoms with Crippen LogP contribution in [0.5, 0.6) is 5.75 Å². The molecule has 0 unspecified atom stereocenters. The van der Waals surface area contributed by atoms with E-state index in [1.165, 1.54) is 19.5 Å². The van der Waals surface area contributed by atoms with Gasteiger partial charge in [-0.1, -0.05) is 6.07 Å². The van der Waals surface area contributed by atoms with Crippen molar-refractivity contribution in [2.75, 3.05) is 25.1 Å². The first kappa shape index (κ1) is 21.0. The number of anilines is 1. The van der Waals surface area contributed by atoms with Crippen LogP contribution >= 0.6 is 0 Å². The predicted octanol–water partition coefficient (Wildman–Crippen LogP) is 1.53. The average Bonchev–Trinajstić information content (AvgIpc) is 2.79. The van der Waals surface area contributed by atoms with Gasteiger partial charge in [0.15, 0.2) is 11.4 Å². The van der Waals surface area contributed by atoms with Gasteiger partial charge in [-0.15, -0.1) is 0 Å². The van der Waals surface area contributed by atoms with Crippen LogP contribution in [0.4, 0.5) is 5.82 Å². The molecule has 4 rings (SSSR count). The van der Waals surface area contributed by atoms with Gasteiger partial charge in [-0.25, -0.2) is 15.0 Å². The summed E-state index contributed by atoms with van der Waals surface area (Å²) >= 11 is 0. The fourth-order valence-electron chi connectivity index (χ4n) is 3.49. The van der Waals surface area contributed by atoms with Crippen LogP contribution in [0.2, 0.25) is 0 Å². The van der Waals surface area contributed by atoms with Gasteiger partial charge < -0.3 is 20.1 Å². The topological polar surface area (TPSA) is 141 Å². The maximum absolute atomic E-state index is 12.5. The summed E-state index contributed by atoms with van der Waals surface area (Å²) < 4.78 is 4.69. The van der Waals surface area contributed by atoms with Crippen molar-refractivity contribution < 1.29 is 19.4 Å². The molecule has 3 aromatic heterocycles. The number of hydrogen-bond donors (Lipinski definition) is 2. The molecule has 2 N–H and O–H groups in total. The molecule has 0 radical (unpaired) electrons. The van der Waals surface area contributed by atoms with Crippen molar-refractivity contribution in [3.8, 4) is 11.8 Å². The van der Waals surface area contributed by atoms with Crippen LogP contribution in [0.25, 0.3) is 10.9 Å². The lowest BCUT2D eigenvalue weighted by Crippen LogP contribution is -2.48. The monoisotopic (exact) mass is 432 g/mol. The van der Waals surface area contributed by atoms with Gasteiger partial charge in [0.1, 0.15) is 17.6 Å². The molecule has 32 heavy (non-hydrogen) atoms. The van der Waals surface area contributed by atoms with E-state index in [-0.39, 0.29) is 35.6 Å². The van der Waals surface area contributed by atoms with Crippen molar-refractivity contribution in [3.05, 3.63) is 53.6 Å². The second kappa shape index (κ2) is 8.85.